The minimum absolute atomic E-state index is 0. The Balaban J connectivity index is 0.00000338. The van der Waals surface area contributed by atoms with Crippen molar-refractivity contribution in [3.8, 4) is 0 Å². The molecule has 1 aromatic rings. The Bertz CT molecular complexity index is 614. The molecule has 6 nitrogen and oxygen atoms in total. The number of halogens is 1. The number of hydrogen-bond acceptors (Lipinski definition) is 3. The van der Waals surface area contributed by atoms with E-state index in [4.69, 9.17) is 0 Å². The number of carbonyl (C=O) groups is 1. The van der Waals surface area contributed by atoms with Gasteiger partial charge in [-0.05, 0) is 49.9 Å². The average Bonchev–Trinajstić information content (AvgIpc) is 3.41. The van der Waals surface area contributed by atoms with Crippen molar-refractivity contribution in [2.45, 2.75) is 33.2 Å². The van der Waals surface area contributed by atoms with Crippen molar-refractivity contribution in [2.24, 2.45) is 10.9 Å². The van der Waals surface area contributed by atoms with E-state index in [2.05, 4.69) is 51.0 Å². The van der Waals surface area contributed by atoms with Crippen molar-refractivity contribution in [1.29, 1.82) is 0 Å². The molecule has 3 N–H and O–H groups in total. The predicted molar refractivity (Wildman–Crippen MR) is 119 cm³/mol. The zero-order chi connectivity index (χ0) is 18.2. The Hall–Kier alpha value is -1.51. The molecule has 0 unspecified atom stereocenters. The van der Waals surface area contributed by atoms with Gasteiger partial charge in [0.05, 0.1) is 6.54 Å². The first-order chi connectivity index (χ1) is 12.0. The van der Waals surface area contributed by atoms with E-state index >= 15 is 0 Å². The van der Waals surface area contributed by atoms with Crippen LogP contribution in [0.15, 0.2) is 23.2 Å². The largest absolute Gasteiger partial charge is 0.378 e. The third-order valence-electron chi connectivity index (χ3n) is 4.26. The molecule has 0 atom stereocenters. The van der Waals surface area contributed by atoms with Crippen molar-refractivity contribution in [1.82, 2.24) is 16.0 Å². The minimum Gasteiger partial charge on any atom is -0.378 e. The Labute approximate surface area is 174 Å². The molecule has 7 heteroatoms. The van der Waals surface area contributed by atoms with Gasteiger partial charge < -0.3 is 20.9 Å². The number of aryl methyl sites for hydroxylation is 1. The van der Waals surface area contributed by atoms with E-state index in [1.807, 2.05) is 21.0 Å². The molecule has 0 aromatic heterocycles. The number of guanidine groups is 1. The molecular formula is C19H32IN5O. The van der Waals surface area contributed by atoms with Crippen LogP contribution in [0.2, 0.25) is 0 Å². The maximum absolute atomic E-state index is 11.6. The van der Waals surface area contributed by atoms with Gasteiger partial charge in [-0.1, -0.05) is 6.07 Å². The summed E-state index contributed by atoms with van der Waals surface area (Å²) in [5.41, 5.74) is 3.65. The fourth-order valence-corrected chi connectivity index (χ4v) is 2.50. The number of carbonyl (C=O) groups excluding carboxylic acids is 1. The fraction of sp³-hybridized carbons (Fsp3) is 0.579. The first-order valence-corrected chi connectivity index (χ1v) is 9.08. The number of anilines is 1. The second kappa shape index (κ2) is 11.3. The molecule has 1 aliphatic carbocycles. The second-order valence-electron chi connectivity index (χ2n) is 6.69. The fourth-order valence-electron chi connectivity index (χ4n) is 2.50. The molecule has 1 aliphatic rings. The standard InChI is InChI=1S/C19H31N5O.HI/c1-5-20-19(22-11-10-21-18(25)15-6-7-15)23-13-16-8-9-17(24(3)4)12-14(16)2;/h8-9,12,15H,5-7,10-11,13H2,1-4H3,(H,21,25)(H2,20,22,23);1H. The normalized spacial score (nSPS) is 13.6. The Morgan fingerprint density at radius 2 is 1.88 bits per heavy atom. The summed E-state index contributed by atoms with van der Waals surface area (Å²) in [6.45, 7) is 6.89. The third-order valence-corrected chi connectivity index (χ3v) is 4.26. The zero-order valence-corrected chi connectivity index (χ0v) is 18.6. The highest BCUT2D eigenvalue weighted by molar-refractivity contribution is 14.0. The van der Waals surface area contributed by atoms with Crippen molar-refractivity contribution < 1.29 is 4.79 Å². The van der Waals surface area contributed by atoms with Crippen LogP contribution in [-0.4, -0.2) is 45.6 Å². The van der Waals surface area contributed by atoms with Gasteiger partial charge in [0.15, 0.2) is 5.96 Å². The summed E-state index contributed by atoms with van der Waals surface area (Å²) >= 11 is 0. The van der Waals surface area contributed by atoms with Crippen LogP contribution >= 0.6 is 24.0 Å². The Morgan fingerprint density at radius 1 is 1.19 bits per heavy atom. The van der Waals surface area contributed by atoms with Crippen molar-refractivity contribution in [3.63, 3.8) is 0 Å². The number of nitrogens with one attached hydrogen (secondary N) is 3. The van der Waals surface area contributed by atoms with Gasteiger partial charge in [0.25, 0.3) is 0 Å². The first-order valence-electron chi connectivity index (χ1n) is 9.08. The third kappa shape index (κ3) is 7.39. The van der Waals surface area contributed by atoms with E-state index in [-0.39, 0.29) is 35.8 Å². The van der Waals surface area contributed by atoms with Crippen LogP contribution in [0.5, 0.6) is 0 Å². The molecule has 26 heavy (non-hydrogen) atoms. The van der Waals surface area contributed by atoms with Crippen molar-refractivity contribution in [3.05, 3.63) is 29.3 Å². The summed E-state index contributed by atoms with van der Waals surface area (Å²) in [6.07, 6.45) is 2.07. The van der Waals surface area contributed by atoms with Crippen LogP contribution in [0, 0.1) is 12.8 Å². The van der Waals surface area contributed by atoms with E-state index in [0.717, 1.165) is 25.3 Å². The summed E-state index contributed by atoms with van der Waals surface area (Å²) in [7, 11) is 4.09. The van der Waals surface area contributed by atoms with E-state index < -0.39 is 0 Å². The monoisotopic (exact) mass is 473 g/mol. The molecule has 146 valence electrons. The smallest absolute Gasteiger partial charge is 0.223 e. The summed E-state index contributed by atoms with van der Waals surface area (Å²) in [5.74, 6) is 1.22. The molecule has 0 radical (unpaired) electrons. The van der Waals surface area contributed by atoms with Crippen LogP contribution in [0.1, 0.15) is 30.9 Å². The van der Waals surface area contributed by atoms with Gasteiger partial charge in [-0.2, -0.15) is 0 Å². The molecule has 0 spiro atoms. The molecule has 1 saturated carbocycles. The molecule has 0 heterocycles. The average molecular weight is 473 g/mol. The van der Waals surface area contributed by atoms with E-state index in [1.165, 1.54) is 16.8 Å². The lowest BCUT2D eigenvalue weighted by molar-refractivity contribution is -0.122. The van der Waals surface area contributed by atoms with Gasteiger partial charge in [0.1, 0.15) is 0 Å². The van der Waals surface area contributed by atoms with Gasteiger partial charge in [0, 0.05) is 45.3 Å². The van der Waals surface area contributed by atoms with E-state index in [1.54, 1.807) is 0 Å². The second-order valence-corrected chi connectivity index (χ2v) is 6.69. The molecular weight excluding hydrogens is 441 g/mol. The highest BCUT2D eigenvalue weighted by Crippen LogP contribution is 2.28. The van der Waals surface area contributed by atoms with E-state index in [9.17, 15) is 4.79 Å². The van der Waals surface area contributed by atoms with Crippen LogP contribution < -0.4 is 20.9 Å². The number of aliphatic imine (C=N–C) groups is 1. The Kier molecular flexibility index (Phi) is 9.75. The predicted octanol–water partition coefficient (Wildman–Crippen LogP) is 2.26. The number of benzene rings is 1. The van der Waals surface area contributed by atoms with Gasteiger partial charge in [-0.15, -0.1) is 24.0 Å². The molecule has 2 rings (SSSR count). The maximum Gasteiger partial charge on any atom is 0.223 e. The highest BCUT2D eigenvalue weighted by atomic mass is 127. The zero-order valence-electron chi connectivity index (χ0n) is 16.3. The summed E-state index contributed by atoms with van der Waals surface area (Å²) in [5, 5.41) is 9.47. The quantitative estimate of drug-likeness (QED) is 0.235. The number of hydrogen-bond donors (Lipinski definition) is 3. The number of amides is 1. The van der Waals surface area contributed by atoms with Gasteiger partial charge >= 0.3 is 0 Å². The molecule has 1 aromatic carbocycles. The van der Waals surface area contributed by atoms with Crippen LogP contribution in [-0.2, 0) is 11.3 Å². The lowest BCUT2D eigenvalue weighted by Gasteiger charge is -2.15. The molecule has 0 saturated heterocycles. The molecule has 0 aliphatic heterocycles. The van der Waals surface area contributed by atoms with Crippen molar-refractivity contribution >= 4 is 41.5 Å². The minimum atomic E-state index is 0. The lowest BCUT2D eigenvalue weighted by atomic mass is 10.1. The number of nitrogens with zero attached hydrogens (tertiary/aromatic N) is 2. The van der Waals surface area contributed by atoms with Gasteiger partial charge in [-0.3, -0.25) is 4.79 Å². The van der Waals surface area contributed by atoms with E-state index in [0.29, 0.717) is 19.6 Å². The summed E-state index contributed by atoms with van der Waals surface area (Å²) in [6, 6.07) is 6.43. The summed E-state index contributed by atoms with van der Waals surface area (Å²) < 4.78 is 0. The van der Waals surface area contributed by atoms with Crippen LogP contribution in [0.4, 0.5) is 5.69 Å². The van der Waals surface area contributed by atoms with Crippen molar-refractivity contribution in [2.75, 3.05) is 38.6 Å². The molecule has 0 bridgehead atoms. The van der Waals surface area contributed by atoms with Crippen LogP contribution in [0.25, 0.3) is 0 Å². The maximum atomic E-state index is 11.6. The summed E-state index contributed by atoms with van der Waals surface area (Å²) in [4.78, 5) is 18.4. The molecule has 1 fully saturated rings. The number of rotatable bonds is 8. The Morgan fingerprint density at radius 3 is 2.46 bits per heavy atom. The SMILES string of the molecule is CCNC(=NCc1ccc(N(C)C)cc1C)NCCNC(=O)C1CC1.I. The van der Waals surface area contributed by atoms with Gasteiger partial charge in [-0.25, -0.2) is 4.99 Å². The molecule has 1 amide bonds. The van der Waals surface area contributed by atoms with Crippen LogP contribution in [0.3, 0.4) is 0 Å². The van der Waals surface area contributed by atoms with Gasteiger partial charge in [0.2, 0.25) is 5.91 Å². The topological polar surface area (TPSA) is 68.8 Å². The first kappa shape index (κ1) is 22.5. The highest BCUT2D eigenvalue weighted by Gasteiger charge is 2.28. The lowest BCUT2D eigenvalue weighted by Crippen LogP contribution is -2.41.